The van der Waals surface area contributed by atoms with Gasteiger partial charge in [0.1, 0.15) is 0 Å². The first-order valence-corrected chi connectivity index (χ1v) is 12.5. The molecule has 0 saturated carbocycles. The van der Waals surface area contributed by atoms with Gasteiger partial charge in [0.25, 0.3) is 0 Å². The molecular weight excluding hydrogens is 387 g/mol. The van der Waals surface area contributed by atoms with Crippen molar-refractivity contribution in [2.75, 3.05) is 0 Å². The average molecular weight is 431 g/mol. The Morgan fingerprint density at radius 1 is 0.667 bits per heavy atom. The van der Waals surface area contributed by atoms with Crippen LogP contribution in [0.1, 0.15) is 123 Å². The summed E-state index contributed by atoms with van der Waals surface area (Å²) in [4.78, 5) is 0. The number of aliphatic hydroxyl groups is 1. The molecule has 27 heavy (non-hydrogen) atoms. The van der Waals surface area contributed by atoms with Crippen LogP contribution in [0.2, 0.25) is 0 Å². The van der Waals surface area contributed by atoms with E-state index >= 15 is 0 Å². The van der Waals surface area contributed by atoms with Crippen LogP contribution in [0.5, 0.6) is 0 Å². The normalized spacial score (nSPS) is 13.9. The molecule has 2 unspecified atom stereocenters. The molecule has 0 aliphatic rings. The minimum atomic E-state index is -4.13. The van der Waals surface area contributed by atoms with Crippen molar-refractivity contribution in [3.8, 4) is 0 Å². The van der Waals surface area contributed by atoms with Gasteiger partial charge < -0.3 is 9.66 Å². The first-order valence-electron chi connectivity index (χ1n) is 11.0. The minimum Gasteiger partial charge on any atom is -0.748 e. The Kier molecular flexibility index (Phi) is 23.6. The van der Waals surface area contributed by atoms with Crippen LogP contribution in [0.3, 0.4) is 0 Å². The summed E-state index contributed by atoms with van der Waals surface area (Å²) < 4.78 is 33.5. The second-order valence-corrected chi connectivity index (χ2v) is 9.46. The maximum atomic E-state index is 11.2. The van der Waals surface area contributed by atoms with Crippen LogP contribution in [0.25, 0.3) is 0 Å². The topological polar surface area (TPSA) is 77.4 Å². The van der Waals surface area contributed by atoms with Crippen molar-refractivity contribution in [2.24, 2.45) is 0 Å². The molecule has 0 bridgehead atoms. The fraction of sp³-hybridized carbons (Fsp3) is 1.00. The van der Waals surface area contributed by atoms with Gasteiger partial charge in [0.05, 0.1) is 16.2 Å². The Hall–Kier alpha value is 1.51. The largest absolute Gasteiger partial charge is 1.00 e. The molecule has 0 aromatic heterocycles. The van der Waals surface area contributed by atoms with Crippen LogP contribution < -0.4 is 51.4 Å². The zero-order valence-electron chi connectivity index (χ0n) is 18.3. The first-order chi connectivity index (χ1) is 12.4. The van der Waals surface area contributed by atoms with Gasteiger partial charge >= 0.3 is 51.4 Å². The van der Waals surface area contributed by atoms with Crippen molar-refractivity contribution in [1.29, 1.82) is 0 Å². The molecule has 0 aliphatic carbocycles. The summed E-state index contributed by atoms with van der Waals surface area (Å²) in [5.41, 5.74) is 0. The number of unbranched alkanes of at least 4 members (excludes halogenated alkanes) is 10. The van der Waals surface area contributed by atoms with E-state index in [1.807, 2.05) is 6.92 Å². The van der Waals surface area contributed by atoms with Crippen LogP contribution in [0.4, 0.5) is 0 Å². The summed E-state index contributed by atoms with van der Waals surface area (Å²) in [7, 11) is -4.13. The van der Waals surface area contributed by atoms with Crippen LogP contribution in [0.15, 0.2) is 0 Å². The van der Waals surface area contributed by atoms with E-state index < -0.39 is 15.4 Å². The van der Waals surface area contributed by atoms with Gasteiger partial charge in [-0.1, -0.05) is 97.3 Å². The van der Waals surface area contributed by atoms with Crippen LogP contribution in [0, 0.1) is 0 Å². The summed E-state index contributed by atoms with van der Waals surface area (Å²) in [5, 5.41) is 9.28. The molecule has 0 rings (SSSR count). The smallest absolute Gasteiger partial charge is 0.748 e. The van der Waals surface area contributed by atoms with Gasteiger partial charge in [-0.05, 0) is 25.7 Å². The molecule has 158 valence electrons. The van der Waals surface area contributed by atoms with E-state index in [2.05, 4.69) is 6.92 Å². The molecule has 1 N–H and O–H groups in total. The SMILES string of the molecule is CCCCCCCC(O)CCCCCCCCCC(CCC)S(=O)(=O)[O-].[K+]. The molecule has 0 spiro atoms. The number of hydrogen-bond acceptors (Lipinski definition) is 4. The summed E-state index contributed by atoms with van der Waals surface area (Å²) in [5.74, 6) is 0. The molecule has 0 aromatic carbocycles. The van der Waals surface area contributed by atoms with Gasteiger partial charge in [-0.2, -0.15) is 0 Å². The van der Waals surface area contributed by atoms with Crippen molar-refractivity contribution < 1.29 is 69.5 Å². The molecule has 0 radical (unpaired) electrons. The maximum absolute atomic E-state index is 11.2. The molecule has 0 aliphatic heterocycles. The molecular formula is C21H43KO4S. The van der Waals surface area contributed by atoms with E-state index in [9.17, 15) is 18.1 Å². The first kappa shape index (κ1) is 30.7. The predicted molar refractivity (Wildman–Crippen MR) is 109 cm³/mol. The molecule has 4 nitrogen and oxygen atoms in total. The molecule has 0 aromatic rings. The monoisotopic (exact) mass is 430 g/mol. The van der Waals surface area contributed by atoms with E-state index in [-0.39, 0.29) is 57.5 Å². The number of rotatable bonds is 19. The Labute approximate surface area is 211 Å². The zero-order chi connectivity index (χ0) is 19.7. The van der Waals surface area contributed by atoms with Gasteiger partial charge in [0, 0.05) is 5.25 Å². The van der Waals surface area contributed by atoms with Crippen LogP contribution >= 0.6 is 0 Å². The Bertz CT molecular complexity index is 401. The van der Waals surface area contributed by atoms with Crippen molar-refractivity contribution in [2.45, 2.75) is 134 Å². The van der Waals surface area contributed by atoms with Gasteiger partial charge in [0.15, 0.2) is 0 Å². The molecule has 2 atom stereocenters. The Balaban J connectivity index is 0. The Morgan fingerprint density at radius 3 is 1.48 bits per heavy atom. The van der Waals surface area contributed by atoms with E-state index in [1.54, 1.807) is 0 Å². The molecule has 0 saturated heterocycles. The fourth-order valence-electron chi connectivity index (χ4n) is 3.52. The number of aliphatic hydroxyl groups excluding tert-OH is 1. The van der Waals surface area contributed by atoms with Crippen molar-refractivity contribution >= 4 is 10.1 Å². The van der Waals surface area contributed by atoms with E-state index in [4.69, 9.17) is 0 Å². The van der Waals surface area contributed by atoms with E-state index in [0.29, 0.717) is 12.8 Å². The third-order valence-corrected chi connectivity index (χ3v) is 6.51. The van der Waals surface area contributed by atoms with Gasteiger partial charge in [0.2, 0.25) is 0 Å². The van der Waals surface area contributed by atoms with Crippen molar-refractivity contribution in [3.05, 3.63) is 0 Å². The minimum absolute atomic E-state index is 0. The van der Waals surface area contributed by atoms with Gasteiger partial charge in [-0.3, -0.25) is 0 Å². The van der Waals surface area contributed by atoms with Gasteiger partial charge in [-0.25, -0.2) is 8.42 Å². The van der Waals surface area contributed by atoms with Crippen molar-refractivity contribution in [1.82, 2.24) is 0 Å². The third kappa shape index (κ3) is 20.6. The van der Waals surface area contributed by atoms with Crippen LogP contribution in [-0.2, 0) is 10.1 Å². The summed E-state index contributed by atoms with van der Waals surface area (Å²) in [6, 6.07) is 0. The zero-order valence-corrected chi connectivity index (χ0v) is 22.2. The maximum Gasteiger partial charge on any atom is 1.00 e. The van der Waals surface area contributed by atoms with E-state index in [1.165, 1.54) is 38.5 Å². The second kappa shape index (κ2) is 20.8. The fourth-order valence-corrected chi connectivity index (χ4v) is 4.50. The molecule has 0 heterocycles. The van der Waals surface area contributed by atoms with Crippen molar-refractivity contribution in [3.63, 3.8) is 0 Å². The molecule has 6 heteroatoms. The quantitative estimate of drug-likeness (QED) is 0.194. The predicted octanol–water partition coefficient (Wildman–Crippen LogP) is 2.94. The van der Waals surface area contributed by atoms with Gasteiger partial charge in [-0.15, -0.1) is 0 Å². The third-order valence-electron chi connectivity index (χ3n) is 5.22. The van der Waals surface area contributed by atoms with E-state index in [0.717, 1.165) is 57.8 Å². The standard InChI is InChI=1S/C21H44O4S.K/c1-3-5-6-10-13-17-20(22)18-14-11-8-7-9-12-15-19-21(16-4-2)26(23,24)25;/h20-22H,3-19H2,1-2H3,(H,23,24,25);/q;+1/p-1. The number of hydrogen-bond donors (Lipinski definition) is 1. The van der Waals surface area contributed by atoms with Crippen LogP contribution in [-0.4, -0.2) is 29.4 Å². The molecule has 0 amide bonds. The summed E-state index contributed by atoms with van der Waals surface area (Å²) in [6.07, 6.45) is 17.3. The summed E-state index contributed by atoms with van der Waals surface area (Å²) in [6.45, 7) is 4.14. The Morgan fingerprint density at radius 2 is 1.07 bits per heavy atom. The average Bonchev–Trinajstić information content (AvgIpc) is 2.58. The second-order valence-electron chi connectivity index (χ2n) is 7.81. The molecule has 0 fully saturated rings. The summed E-state index contributed by atoms with van der Waals surface area (Å²) >= 11 is 0.